The number of carbonyl (C=O) groups excluding carboxylic acids is 1. The molecule has 0 bridgehead atoms. The summed E-state index contributed by atoms with van der Waals surface area (Å²) in [5.74, 6) is -1.43. The number of aryl methyl sites for hydroxylation is 1. The summed E-state index contributed by atoms with van der Waals surface area (Å²) >= 11 is 0. The maximum atomic E-state index is 13.2. The second-order valence-electron chi connectivity index (χ2n) is 6.79. The first-order valence-electron chi connectivity index (χ1n) is 9.52. The molecule has 0 heterocycles. The number of rotatable bonds is 10. The molecule has 0 aliphatic rings. The highest BCUT2D eigenvalue weighted by atomic mass is 32.2. The zero-order chi connectivity index (χ0) is 22.1. The summed E-state index contributed by atoms with van der Waals surface area (Å²) in [6.07, 6.45) is -0.460. The number of unbranched alkanes of at least 4 members (excludes halogenated alkanes) is 1. The number of amides is 1. The predicted octanol–water partition coefficient (Wildman–Crippen LogP) is 2.90. The number of hydrogen-bond donors (Lipinski definition) is 2. The molecule has 0 fully saturated rings. The summed E-state index contributed by atoms with van der Waals surface area (Å²) < 4.78 is 31.9. The van der Waals surface area contributed by atoms with Crippen LogP contribution in [0.25, 0.3) is 0 Å². The minimum atomic E-state index is -4.46. The first-order chi connectivity index (χ1) is 14.3. The molecule has 2 aromatic rings. The Morgan fingerprint density at radius 1 is 1.07 bits per heavy atom. The molecule has 3 N–H and O–H groups in total. The minimum absolute atomic E-state index is 0.0714. The van der Waals surface area contributed by atoms with Gasteiger partial charge in [0.1, 0.15) is 12.6 Å². The zero-order valence-corrected chi connectivity index (χ0v) is 17.5. The fourth-order valence-corrected chi connectivity index (χ4v) is 4.31. The van der Waals surface area contributed by atoms with Gasteiger partial charge in [0.05, 0.1) is 4.90 Å². The van der Waals surface area contributed by atoms with Crippen molar-refractivity contribution in [3.05, 3.63) is 65.7 Å². The Bertz CT molecular complexity index is 945. The summed E-state index contributed by atoms with van der Waals surface area (Å²) in [6, 6.07) is 12.9. The van der Waals surface area contributed by atoms with Gasteiger partial charge in [-0.1, -0.05) is 48.0 Å². The Labute approximate surface area is 176 Å². The van der Waals surface area contributed by atoms with E-state index in [-0.39, 0.29) is 17.9 Å². The van der Waals surface area contributed by atoms with Crippen molar-refractivity contribution in [2.24, 2.45) is 5.73 Å². The lowest BCUT2D eigenvalue weighted by Gasteiger charge is -2.27. The smallest absolute Gasteiger partial charge is 0.425 e. The van der Waals surface area contributed by atoms with Crippen molar-refractivity contribution in [2.75, 3.05) is 6.54 Å². The van der Waals surface area contributed by atoms with Crippen LogP contribution in [0.5, 0.6) is 0 Å². The van der Waals surface area contributed by atoms with Crippen molar-refractivity contribution in [1.29, 1.82) is 0 Å². The van der Waals surface area contributed by atoms with Gasteiger partial charge in [0, 0.05) is 0 Å². The average Bonchev–Trinajstić information content (AvgIpc) is 2.72. The van der Waals surface area contributed by atoms with Gasteiger partial charge in [0.2, 0.25) is 0 Å². The van der Waals surface area contributed by atoms with Crippen LogP contribution in [0.15, 0.2) is 59.5 Å². The molecule has 0 spiro atoms. The summed E-state index contributed by atoms with van der Waals surface area (Å²) in [5, 5.41) is 9.69. The molecule has 0 saturated heterocycles. The maximum Gasteiger partial charge on any atom is 0.425 e. The van der Waals surface area contributed by atoms with E-state index in [1.54, 1.807) is 49.4 Å². The third-order valence-electron chi connectivity index (χ3n) is 4.46. The molecule has 1 unspecified atom stereocenters. The number of sulfonamides is 1. The number of benzene rings is 2. The lowest BCUT2D eigenvalue weighted by molar-refractivity contribution is -0.141. The van der Waals surface area contributed by atoms with Gasteiger partial charge < -0.3 is 15.6 Å². The molecule has 8 nitrogen and oxygen atoms in total. The largest absolute Gasteiger partial charge is 0.480 e. The van der Waals surface area contributed by atoms with Crippen molar-refractivity contribution in [2.45, 2.75) is 43.7 Å². The normalized spacial score (nSPS) is 12.2. The second-order valence-corrected chi connectivity index (χ2v) is 8.61. The van der Waals surface area contributed by atoms with Gasteiger partial charge in [-0.15, -0.1) is 0 Å². The molecule has 1 atom stereocenters. The summed E-state index contributed by atoms with van der Waals surface area (Å²) in [5.41, 5.74) is 6.93. The van der Waals surface area contributed by atoms with Crippen LogP contribution >= 0.6 is 0 Å². The highest BCUT2D eigenvalue weighted by Gasteiger charge is 2.40. The Kier molecular flexibility index (Phi) is 8.37. The van der Waals surface area contributed by atoms with Gasteiger partial charge in [-0.3, -0.25) is 0 Å². The van der Waals surface area contributed by atoms with Crippen molar-refractivity contribution >= 4 is 22.1 Å². The van der Waals surface area contributed by atoms with Crippen LogP contribution in [0, 0.1) is 6.92 Å². The third-order valence-corrected chi connectivity index (χ3v) is 6.25. The highest BCUT2D eigenvalue weighted by molar-refractivity contribution is 7.89. The average molecular weight is 435 g/mol. The molecule has 0 aromatic heterocycles. The van der Waals surface area contributed by atoms with Gasteiger partial charge >= 0.3 is 12.1 Å². The molecule has 0 aliphatic carbocycles. The first-order valence-corrected chi connectivity index (χ1v) is 11.0. The van der Waals surface area contributed by atoms with E-state index in [9.17, 15) is 23.1 Å². The van der Waals surface area contributed by atoms with Crippen LogP contribution in [0.1, 0.15) is 30.4 Å². The molecule has 9 heteroatoms. The summed E-state index contributed by atoms with van der Waals surface area (Å²) in [6.45, 7) is 1.93. The van der Waals surface area contributed by atoms with Crippen LogP contribution in [0.2, 0.25) is 0 Å². The zero-order valence-electron chi connectivity index (χ0n) is 16.7. The lowest BCUT2D eigenvalue weighted by Crippen LogP contribution is -2.48. The van der Waals surface area contributed by atoms with E-state index in [0.717, 1.165) is 5.56 Å². The monoisotopic (exact) mass is 434 g/mol. The number of carboxylic acids is 1. The molecular weight excluding hydrogens is 408 g/mol. The fourth-order valence-electron chi connectivity index (χ4n) is 2.82. The molecule has 0 radical (unpaired) electrons. The van der Waals surface area contributed by atoms with E-state index in [0.29, 0.717) is 29.3 Å². The number of ether oxygens (including phenoxy) is 1. The van der Waals surface area contributed by atoms with E-state index >= 15 is 0 Å². The number of nitrogens with two attached hydrogens (primary N) is 1. The van der Waals surface area contributed by atoms with Crippen LogP contribution in [0.4, 0.5) is 4.79 Å². The third kappa shape index (κ3) is 6.04. The van der Waals surface area contributed by atoms with Gasteiger partial charge in [0.25, 0.3) is 10.0 Å². The van der Waals surface area contributed by atoms with E-state index in [1.165, 1.54) is 12.1 Å². The van der Waals surface area contributed by atoms with E-state index in [1.807, 2.05) is 0 Å². The Morgan fingerprint density at radius 3 is 2.27 bits per heavy atom. The maximum absolute atomic E-state index is 13.2. The standard InChI is InChI=1S/C21H26N2O6S/c1-16-10-12-18(13-11-16)30(27,28)23(19(20(24)25)9-5-6-14-22)21(26)29-15-17-7-3-2-4-8-17/h2-4,7-8,10-13,19H,5-6,9,14-15,22H2,1H3,(H,24,25). The van der Waals surface area contributed by atoms with E-state index < -0.39 is 28.1 Å². The molecule has 2 aromatic carbocycles. The Balaban J connectivity index is 2.37. The van der Waals surface area contributed by atoms with Crippen LogP contribution in [-0.4, -0.2) is 42.5 Å². The summed E-state index contributed by atoms with van der Waals surface area (Å²) in [4.78, 5) is 24.5. The van der Waals surface area contributed by atoms with Gasteiger partial charge in [-0.05, 0) is 50.4 Å². The summed E-state index contributed by atoms with van der Waals surface area (Å²) in [7, 11) is -4.46. The van der Waals surface area contributed by atoms with Crippen molar-refractivity contribution in [1.82, 2.24) is 4.31 Å². The molecule has 2 rings (SSSR count). The SMILES string of the molecule is Cc1ccc(S(=O)(=O)N(C(=O)OCc2ccccc2)C(CCCCN)C(=O)O)cc1. The number of carboxylic acid groups (broad SMARTS) is 1. The van der Waals surface area contributed by atoms with Crippen molar-refractivity contribution in [3.8, 4) is 0 Å². The van der Waals surface area contributed by atoms with Crippen molar-refractivity contribution in [3.63, 3.8) is 0 Å². The molecular formula is C21H26N2O6S. The van der Waals surface area contributed by atoms with Crippen molar-refractivity contribution < 1.29 is 27.9 Å². The molecule has 30 heavy (non-hydrogen) atoms. The molecule has 162 valence electrons. The Hall–Kier alpha value is -2.91. The molecule has 0 aliphatic heterocycles. The molecule has 1 amide bonds. The topological polar surface area (TPSA) is 127 Å². The fraction of sp³-hybridized carbons (Fsp3) is 0.333. The number of nitrogens with zero attached hydrogens (tertiary/aromatic N) is 1. The number of hydrogen-bond acceptors (Lipinski definition) is 6. The van der Waals surface area contributed by atoms with Gasteiger partial charge in [-0.25, -0.2) is 18.0 Å². The number of aliphatic carboxylic acids is 1. The lowest BCUT2D eigenvalue weighted by atomic mass is 10.1. The minimum Gasteiger partial charge on any atom is -0.480 e. The van der Waals surface area contributed by atoms with Crippen LogP contribution in [0.3, 0.4) is 0 Å². The van der Waals surface area contributed by atoms with Gasteiger partial charge in [0.15, 0.2) is 0 Å². The van der Waals surface area contributed by atoms with Crippen LogP contribution in [-0.2, 0) is 26.2 Å². The van der Waals surface area contributed by atoms with E-state index in [2.05, 4.69) is 0 Å². The second kappa shape index (κ2) is 10.7. The number of carbonyl (C=O) groups is 2. The molecule has 0 saturated carbocycles. The van der Waals surface area contributed by atoms with Crippen LogP contribution < -0.4 is 5.73 Å². The highest BCUT2D eigenvalue weighted by Crippen LogP contribution is 2.23. The quantitative estimate of drug-likeness (QED) is 0.550. The van der Waals surface area contributed by atoms with Gasteiger partial charge in [-0.2, -0.15) is 4.31 Å². The van der Waals surface area contributed by atoms with E-state index in [4.69, 9.17) is 10.5 Å². The Morgan fingerprint density at radius 2 is 1.70 bits per heavy atom. The predicted molar refractivity (Wildman–Crippen MR) is 111 cm³/mol. The first kappa shape index (κ1) is 23.4.